The molecule has 162 valence electrons. The highest BCUT2D eigenvalue weighted by atomic mass is 32.2. The van der Waals surface area contributed by atoms with E-state index < -0.39 is 10.0 Å². The van der Waals surface area contributed by atoms with Crippen molar-refractivity contribution in [1.29, 1.82) is 0 Å². The van der Waals surface area contributed by atoms with Crippen molar-refractivity contribution < 1.29 is 13.2 Å². The second-order valence-electron chi connectivity index (χ2n) is 7.86. The molecule has 1 amide bonds. The molecule has 3 rings (SSSR count). The fourth-order valence-electron chi connectivity index (χ4n) is 3.89. The van der Waals surface area contributed by atoms with Crippen LogP contribution in [0.4, 0.5) is 11.4 Å². The van der Waals surface area contributed by atoms with Gasteiger partial charge in [0.1, 0.15) is 0 Å². The summed E-state index contributed by atoms with van der Waals surface area (Å²) in [4.78, 5) is 16.9. The Morgan fingerprint density at radius 3 is 2.27 bits per heavy atom. The second kappa shape index (κ2) is 9.51. The molecule has 0 saturated carbocycles. The number of hydrogen-bond acceptors (Lipinski definition) is 4. The van der Waals surface area contributed by atoms with Gasteiger partial charge < -0.3 is 9.80 Å². The van der Waals surface area contributed by atoms with Crippen LogP contribution in [0.1, 0.15) is 24.0 Å². The predicted molar refractivity (Wildman–Crippen MR) is 123 cm³/mol. The average molecular weight is 430 g/mol. The van der Waals surface area contributed by atoms with Crippen molar-refractivity contribution in [2.24, 2.45) is 0 Å². The molecule has 1 aliphatic heterocycles. The fourth-order valence-corrected chi connectivity index (χ4v) is 4.85. The highest BCUT2D eigenvalue weighted by Crippen LogP contribution is 2.24. The van der Waals surface area contributed by atoms with Crippen molar-refractivity contribution in [3.05, 3.63) is 59.7 Å². The maximum absolute atomic E-state index is 12.7. The summed E-state index contributed by atoms with van der Waals surface area (Å²) in [5, 5.41) is 0. The predicted octanol–water partition coefficient (Wildman–Crippen LogP) is 3.20. The zero-order valence-corrected chi connectivity index (χ0v) is 18.9. The van der Waals surface area contributed by atoms with Crippen LogP contribution in [-0.4, -0.2) is 58.2 Å². The van der Waals surface area contributed by atoms with E-state index in [2.05, 4.69) is 36.9 Å². The van der Waals surface area contributed by atoms with Gasteiger partial charge in [-0.15, -0.1) is 0 Å². The summed E-state index contributed by atoms with van der Waals surface area (Å²) in [5.74, 6) is 0.0946. The number of rotatable bonds is 7. The monoisotopic (exact) mass is 429 g/mol. The topological polar surface area (TPSA) is 60.9 Å². The maximum atomic E-state index is 12.7. The lowest BCUT2D eigenvalue weighted by Crippen LogP contribution is -2.49. The molecule has 7 heteroatoms. The van der Waals surface area contributed by atoms with Gasteiger partial charge in [0.05, 0.1) is 11.9 Å². The van der Waals surface area contributed by atoms with Gasteiger partial charge >= 0.3 is 0 Å². The van der Waals surface area contributed by atoms with Crippen LogP contribution in [0.5, 0.6) is 0 Å². The molecular weight excluding hydrogens is 398 g/mol. The first-order valence-corrected chi connectivity index (χ1v) is 12.2. The Balaban J connectivity index is 1.52. The van der Waals surface area contributed by atoms with Crippen molar-refractivity contribution in [3.8, 4) is 0 Å². The van der Waals surface area contributed by atoms with Gasteiger partial charge in [0, 0.05) is 44.8 Å². The third kappa shape index (κ3) is 5.33. The molecule has 1 fully saturated rings. The van der Waals surface area contributed by atoms with Crippen LogP contribution in [0.15, 0.2) is 48.5 Å². The quantitative estimate of drug-likeness (QED) is 0.678. The van der Waals surface area contributed by atoms with Crippen LogP contribution < -0.4 is 9.21 Å². The van der Waals surface area contributed by atoms with E-state index in [1.807, 2.05) is 23.1 Å². The Morgan fingerprint density at radius 2 is 1.63 bits per heavy atom. The zero-order chi connectivity index (χ0) is 21.7. The maximum Gasteiger partial charge on any atom is 0.232 e. The summed E-state index contributed by atoms with van der Waals surface area (Å²) < 4.78 is 25.7. The van der Waals surface area contributed by atoms with Gasteiger partial charge in [0.15, 0.2) is 0 Å². The Labute approximate surface area is 180 Å². The molecule has 0 atom stereocenters. The number of sulfonamides is 1. The van der Waals surface area contributed by atoms with Gasteiger partial charge in [0.2, 0.25) is 15.9 Å². The molecule has 1 aliphatic rings. The SMILES string of the molecule is Cc1cccc(N2CCN(C(=O)CCCN(c3ccccc3)S(C)(=O)=O)CC2)c1C. The van der Waals surface area contributed by atoms with E-state index in [9.17, 15) is 13.2 Å². The Hall–Kier alpha value is -2.54. The van der Waals surface area contributed by atoms with Crippen LogP contribution in [-0.2, 0) is 14.8 Å². The third-order valence-corrected chi connectivity index (χ3v) is 6.94. The zero-order valence-electron chi connectivity index (χ0n) is 18.0. The summed E-state index contributed by atoms with van der Waals surface area (Å²) in [6.07, 6.45) is 2.05. The normalized spacial score (nSPS) is 14.6. The van der Waals surface area contributed by atoms with Crippen LogP contribution in [0.3, 0.4) is 0 Å². The highest BCUT2D eigenvalue weighted by molar-refractivity contribution is 7.92. The number of hydrogen-bond donors (Lipinski definition) is 0. The molecule has 30 heavy (non-hydrogen) atoms. The minimum atomic E-state index is -3.38. The fraction of sp³-hybridized carbons (Fsp3) is 0.435. The standard InChI is InChI=1S/C23H31N3O3S/c1-19-9-7-12-22(20(19)2)24-15-17-25(18-16-24)23(27)13-8-14-26(30(3,28)29)21-10-5-4-6-11-21/h4-7,9-12H,8,13-18H2,1-3H3. The molecule has 2 aromatic rings. The van der Waals surface area contributed by atoms with E-state index in [0.29, 0.717) is 38.2 Å². The number of amides is 1. The lowest BCUT2D eigenvalue weighted by atomic mass is 10.1. The molecule has 0 aromatic heterocycles. The van der Waals surface area contributed by atoms with Crippen molar-refractivity contribution >= 4 is 27.3 Å². The third-order valence-electron chi connectivity index (χ3n) is 5.75. The van der Waals surface area contributed by atoms with Gasteiger partial charge in [-0.25, -0.2) is 8.42 Å². The van der Waals surface area contributed by atoms with E-state index >= 15 is 0 Å². The minimum Gasteiger partial charge on any atom is -0.368 e. The minimum absolute atomic E-state index is 0.0946. The summed E-state index contributed by atoms with van der Waals surface area (Å²) in [6, 6.07) is 15.4. The van der Waals surface area contributed by atoms with Crippen molar-refractivity contribution in [2.75, 3.05) is 48.2 Å². The van der Waals surface area contributed by atoms with Crippen LogP contribution >= 0.6 is 0 Å². The molecule has 6 nitrogen and oxygen atoms in total. The average Bonchev–Trinajstić information content (AvgIpc) is 2.73. The first kappa shape index (κ1) is 22.2. The molecular formula is C23H31N3O3S. The van der Waals surface area contributed by atoms with E-state index in [-0.39, 0.29) is 5.91 Å². The molecule has 0 aliphatic carbocycles. The Kier molecular flexibility index (Phi) is 7.02. The summed E-state index contributed by atoms with van der Waals surface area (Å²) >= 11 is 0. The molecule has 0 unspecified atom stereocenters. The number of nitrogens with zero attached hydrogens (tertiary/aromatic N) is 3. The molecule has 1 saturated heterocycles. The summed E-state index contributed by atoms with van der Waals surface area (Å²) in [7, 11) is -3.38. The summed E-state index contributed by atoms with van der Waals surface area (Å²) in [5.41, 5.74) is 4.45. The Morgan fingerprint density at radius 1 is 0.967 bits per heavy atom. The lowest BCUT2D eigenvalue weighted by Gasteiger charge is -2.37. The van der Waals surface area contributed by atoms with E-state index in [1.54, 1.807) is 12.1 Å². The van der Waals surface area contributed by atoms with E-state index in [0.717, 1.165) is 13.1 Å². The lowest BCUT2D eigenvalue weighted by molar-refractivity contribution is -0.131. The number of carbonyl (C=O) groups excluding carboxylic acids is 1. The highest BCUT2D eigenvalue weighted by Gasteiger charge is 2.23. The van der Waals surface area contributed by atoms with Gasteiger partial charge in [-0.3, -0.25) is 9.10 Å². The van der Waals surface area contributed by atoms with Crippen LogP contribution in [0.2, 0.25) is 0 Å². The number of carbonyl (C=O) groups is 1. The van der Waals surface area contributed by atoms with Gasteiger partial charge in [-0.1, -0.05) is 30.3 Å². The van der Waals surface area contributed by atoms with Gasteiger partial charge in [-0.2, -0.15) is 0 Å². The van der Waals surface area contributed by atoms with E-state index in [1.165, 1.54) is 27.4 Å². The van der Waals surface area contributed by atoms with Crippen molar-refractivity contribution in [2.45, 2.75) is 26.7 Å². The first-order valence-electron chi connectivity index (χ1n) is 10.4. The molecule has 0 radical (unpaired) electrons. The van der Waals surface area contributed by atoms with Gasteiger partial charge in [0.25, 0.3) is 0 Å². The molecule has 1 heterocycles. The number of aryl methyl sites for hydroxylation is 1. The molecule has 0 bridgehead atoms. The molecule has 0 N–H and O–H groups in total. The smallest absolute Gasteiger partial charge is 0.232 e. The second-order valence-corrected chi connectivity index (χ2v) is 9.77. The number of para-hydroxylation sites is 1. The van der Waals surface area contributed by atoms with Crippen LogP contribution in [0.25, 0.3) is 0 Å². The Bertz CT molecular complexity index is 968. The van der Waals surface area contributed by atoms with E-state index in [4.69, 9.17) is 0 Å². The number of anilines is 2. The van der Waals surface area contributed by atoms with Crippen molar-refractivity contribution in [1.82, 2.24) is 4.90 Å². The number of benzene rings is 2. The molecule has 2 aromatic carbocycles. The first-order chi connectivity index (χ1) is 14.3. The number of piperazine rings is 1. The largest absolute Gasteiger partial charge is 0.368 e. The summed E-state index contributed by atoms with van der Waals surface area (Å²) in [6.45, 7) is 7.58. The molecule has 0 spiro atoms. The van der Waals surface area contributed by atoms with Crippen LogP contribution in [0, 0.1) is 13.8 Å². The van der Waals surface area contributed by atoms with Crippen molar-refractivity contribution in [3.63, 3.8) is 0 Å². The van der Waals surface area contributed by atoms with Gasteiger partial charge in [-0.05, 0) is 49.6 Å².